The Morgan fingerprint density at radius 1 is 1.20 bits per heavy atom. The van der Waals surface area contributed by atoms with Gasteiger partial charge in [-0.25, -0.2) is 4.79 Å². The third kappa shape index (κ3) is 12.0. The second-order valence-electron chi connectivity index (χ2n) is 7.22. The fourth-order valence-corrected chi connectivity index (χ4v) is 1.78. The van der Waals surface area contributed by atoms with E-state index in [4.69, 9.17) is 4.74 Å². The molecule has 0 aromatic heterocycles. The minimum atomic E-state index is -0.261. The zero-order chi connectivity index (χ0) is 15.8. The van der Waals surface area contributed by atoms with E-state index < -0.39 is 0 Å². The largest absolute Gasteiger partial charge is 0.460 e. The van der Waals surface area contributed by atoms with Crippen molar-refractivity contribution in [3.8, 4) is 0 Å². The van der Waals surface area contributed by atoms with E-state index in [9.17, 15) is 4.79 Å². The summed E-state index contributed by atoms with van der Waals surface area (Å²) in [6.45, 7) is 14.8. The van der Waals surface area contributed by atoms with E-state index in [1.807, 2.05) is 26.8 Å². The molecule has 0 spiro atoms. The van der Waals surface area contributed by atoms with Crippen LogP contribution >= 0.6 is 0 Å². The van der Waals surface area contributed by atoms with Crippen molar-refractivity contribution in [3.63, 3.8) is 0 Å². The average Bonchev–Trinajstić information content (AvgIpc) is 2.23. The molecule has 2 nitrogen and oxygen atoms in total. The summed E-state index contributed by atoms with van der Waals surface area (Å²) in [5.41, 5.74) is 1.35. The molecule has 0 heterocycles. The summed E-state index contributed by atoms with van der Waals surface area (Å²) in [6, 6.07) is 0. The molecule has 2 heteroatoms. The van der Waals surface area contributed by atoms with Gasteiger partial charge < -0.3 is 4.74 Å². The molecule has 0 aromatic carbocycles. The molecule has 0 aliphatic heterocycles. The van der Waals surface area contributed by atoms with Crippen molar-refractivity contribution in [2.75, 3.05) is 0 Å². The van der Waals surface area contributed by atoms with Crippen molar-refractivity contribution < 1.29 is 9.53 Å². The van der Waals surface area contributed by atoms with Gasteiger partial charge in [0.15, 0.2) is 0 Å². The van der Waals surface area contributed by atoms with Crippen LogP contribution in [0.5, 0.6) is 0 Å². The van der Waals surface area contributed by atoms with Crippen LogP contribution < -0.4 is 0 Å². The fraction of sp³-hybridized carbons (Fsp3) is 0.722. The number of esters is 1. The van der Waals surface area contributed by atoms with Crippen molar-refractivity contribution in [1.29, 1.82) is 0 Å². The summed E-state index contributed by atoms with van der Waals surface area (Å²) in [4.78, 5) is 11.4. The highest BCUT2D eigenvalue weighted by atomic mass is 16.5. The van der Waals surface area contributed by atoms with Gasteiger partial charge in [-0.05, 0) is 56.9 Å². The Hall–Kier alpha value is -1.05. The summed E-state index contributed by atoms with van der Waals surface area (Å²) < 4.78 is 5.08. The summed E-state index contributed by atoms with van der Waals surface area (Å²) in [5, 5.41) is 0. The Balaban J connectivity index is 4.10. The highest BCUT2D eigenvalue weighted by Gasteiger charge is 2.11. The maximum Gasteiger partial charge on any atom is 0.331 e. The van der Waals surface area contributed by atoms with Gasteiger partial charge in [-0.1, -0.05) is 39.8 Å². The molecular weight excluding hydrogens is 248 g/mol. The number of hydrogen-bond donors (Lipinski definition) is 0. The van der Waals surface area contributed by atoms with Crippen LogP contribution in [0.25, 0.3) is 0 Å². The molecule has 20 heavy (non-hydrogen) atoms. The van der Waals surface area contributed by atoms with Gasteiger partial charge in [0, 0.05) is 6.08 Å². The van der Waals surface area contributed by atoms with Crippen molar-refractivity contribution >= 4 is 5.97 Å². The van der Waals surface area contributed by atoms with Gasteiger partial charge in [0.1, 0.15) is 0 Å². The van der Waals surface area contributed by atoms with Crippen LogP contribution in [0.15, 0.2) is 23.8 Å². The molecular formula is C18H32O2. The molecule has 1 unspecified atom stereocenters. The SMILES string of the molecule is CC(/C=C/CC(C)CCC(C)(C)C)=C\C(=O)OC(C)C. The van der Waals surface area contributed by atoms with Crippen molar-refractivity contribution in [2.45, 2.75) is 73.8 Å². The van der Waals surface area contributed by atoms with Crippen molar-refractivity contribution in [3.05, 3.63) is 23.8 Å². The first-order valence-corrected chi connectivity index (χ1v) is 7.65. The molecule has 0 rings (SSSR count). The van der Waals surface area contributed by atoms with E-state index in [-0.39, 0.29) is 12.1 Å². The third-order valence-electron chi connectivity index (χ3n) is 3.00. The first kappa shape index (κ1) is 18.9. The maximum absolute atomic E-state index is 11.4. The Bertz CT molecular complexity index is 343. The van der Waals surface area contributed by atoms with Crippen LogP contribution in [0.2, 0.25) is 0 Å². The van der Waals surface area contributed by atoms with Crippen molar-refractivity contribution in [1.82, 2.24) is 0 Å². The van der Waals surface area contributed by atoms with Gasteiger partial charge in [0.2, 0.25) is 0 Å². The molecule has 1 atom stereocenters. The molecule has 0 radical (unpaired) electrons. The highest BCUT2D eigenvalue weighted by Crippen LogP contribution is 2.24. The number of rotatable bonds is 7. The lowest BCUT2D eigenvalue weighted by Gasteiger charge is -2.20. The number of ether oxygens (including phenoxy) is 1. The normalized spacial score (nSPS) is 14.9. The van der Waals surface area contributed by atoms with E-state index >= 15 is 0 Å². The lowest BCUT2D eigenvalue weighted by molar-refractivity contribution is -0.141. The Labute approximate surface area is 125 Å². The van der Waals surface area contributed by atoms with Gasteiger partial charge in [0.25, 0.3) is 0 Å². The zero-order valence-corrected chi connectivity index (χ0v) is 14.3. The number of carbonyl (C=O) groups excluding carboxylic acids is 1. The zero-order valence-electron chi connectivity index (χ0n) is 14.3. The van der Waals surface area contributed by atoms with E-state index in [0.717, 1.165) is 12.0 Å². The summed E-state index contributed by atoms with van der Waals surface area (Å²) in [5.74, 6) is 0.420. The second-order valence-corrected chi connectivity index (χ2v) is 7.22. The minimum Gasteiger partial charge on any atom is -0.460 e. The molecule has 0 saturated heterocycles. The second kappa shape index (κ2) is 8.99. The van der Waals surface area contributed by atoms with Crippen molar-refractivity contribution in [2.24, 2.45) is 11.3 Å². The van der Waals surface area contributed by atoms with Gasteiger partial charge in [-0.15, -0.1) is 0 Å². The molecule has 0 aliphatic carbocycles. The van der Waals surface area contributed by atoms with Crippen LogP contribution in [-0.4, -0.2) is 12.1 Å². The first-order chi connectivity index (χ1) is 9.10. The topological polar surface area (TPSA) is 26.3 Å². The molecule has 0 aliphatic rings. The van der Waals surface area contributed by atoms with Crippen LogP contribution in [0.1, 0.15) is 67.7 Å². The van der Waals surface area contributed by atoms with Gasteiger partial charge in [0.05, 0.1) is 6.10 Å². The van der Waals surface area contributed by atoms with Gasteiger partial charge in [-0.3, -0.25) is 0 Å². The molecule has 116 valence electrons. The van der Waals surface area contributed by atoms with E-state index in [0.29, 0.717) is 11.3 Å². The molecule has 0 aromatic rings. The monoisotopic (exact) mass is 280 g/mol. The van der Waals surface area contributed by atoms with Crippen LogP contribution in [-0.2, 0) is 9.53 Å². The lowest BCUT2D eigenvalue weighted by Crippen LogP contribution is -2.08. The smallest absolute Gasteiger partial charge is 0.331 e. The standard InChI is InChI=1S/C18H32O2/c1-14(2)20-17(19)13-16(4)10-8-9-15(3)11-12-18(5,6)7/h8,10,13-15H,9,11-12H2,1-7H3/b10-8+,16-13+. The Morgan fingerprint density at radius 2 is 1.80 bits per heavy atom. The molecule has 0 bridgehead atoms. The molecule has 0 amide bonds. The maximum atomic E-state index is 11.4. The summed E-state index contributed by atoms with van der Waals surface area (Å²) >= 11 is 0. The molecule has 0 N–H and O–H groups in total. The van der Waals surface area contributed by atoms with Crippen LogP contribution in [0, 0.1) is 11.3 Å². The summed E-state index contributed by atoms with van der Waals surface area (Å²) in [7, 11) is 0. The number of carbonyl (C=O) groups is 1. The molecule has 0 fully saturated rings. The quantitative estimate of drug-likeness (QED) is 0.359. The number of hydrogen-bond acceptors (Lipinski definition) is 2. The first-order valence-electron chi connectivity index (χ1n) is 7.65. The van der Waals surface area contributed by atoms with Crippen LogP contribution in [0.3, 0.4) is 0 Å². The summed E-state index contributed by atoms with van der Waals surface area (Å²) in [6.07, 6.45) is 9.20. The molecule has 0 saturated carbocycles. The minimum absolute atomic E-state index is 0.0621. The van der Waals surface area contributed by atoms with E-state index in [2.05, 4.69) is 33.8 Å². The van der Waals surface area contributed by atoms with E-state index in [1.165, 1.54) is 12.8 Å². The van der Waals surface area contributed by atoms with Gasteiger partial charge in [-0.2, -0.15) is 0 Å². The fourth-order valence-electron chi connectivity index (χ4n) is 1.78. The Morgan fingerprint density at radius 3 is 2.30 bits per heavy atom. The van der Waals surface area contributed by atoms with Gasteiger partial charge >= 0.3 is 5.97 Å². The predicted octanol–water partition coefficient (Wildman–Crippen LogP) is 5.29. The number of allylic oxidation sites excluding steroid dienone is 3. The lowest BCUT2D eigenvalue weighted by atomic mass is 9.86. The third-order valence-corrected chi connectivity index (χ3v) is 3.00. The van der Waals surface area contributed by atoms with Crippen LogP contribution in [0.4, 0.5) is 0 Å². The highest BCUT2D eigenvalue weighted by molar-refractivity contribution is 5.83. The predicted molar refractivity (Wildman–Crippen MR) is 86.6 cm³/mol. The Kier molecular flexibility index (Phi) is 8.52. The average molecular weight is 280 g/mol. The van der Waals surface area contributed by atoms with E-state index in [1.54, 1.807) is 6.08 Å².